The number of aromatic carboxylic acids is 1. The van der Waals surface area contributed by atoms with E-state index >= 15 is 0 Å². The van der Waals surface area contributed by atoms with E-state index in [-0.39, 0.29) is 11.6 Å². The third-order valence-corrected chi connectivity index (χ3v) is 3.84. The highest BCUT2D eigenvalue weighted by Crippen LogP contribution is 2.20. The van der Waals surface area contributed by atoms with E-state index in [2.05, 4.69) is 12.2 Å². The second-order valence-corrected chi connectivity index (χ2v) is 5.15. The van der Waals surface area contributed by atoms with Crippen molar-refractivity contribution in [1.29, 1.82) is 0 Å². The zero-order valence-electron chi connectivity index (χ0n) is 11.6. The molecule has 1 saturated heterocycles. The van der Waals surface area contributed by atoms with Crippen LogP contribution < -0.4 is 5.32 Å². The number of carboxylic acid groups (broad SMARTS) is 1. The highest BCUT2D eigenvalue weighted by Gasteiger charge is 2.21. The van der Waals surface area contributed by atoms with Gasteiger partial charge in [0.05, 0.1) is 5.56 Å². The molecule has 0 aliphatic carbocycles. The summed E-state index contributed by atoms with van der Waals surface area (Å²) >= 11 is 0. The number of carbonyl (C=O) groups excluding carboxylic acids is 1. The van der Waals surface area contributed by atoms with Gasteiger partial charge in [0.15, 0.2) is 0 Å². The summed E-state index contributed by atoms with van der Waals surface area (Å²) < 4.78 is 0. The van der Waals surface area contributed by atoms with Gasteiger partial charge in [-0.2, -0.15) is 0 Å². The van der Waals surface area contributed by atoms with E-state index in [0.717, 1.165) is 38.3 Å². The van der Waals surface area contributed by atoms with E-state index in [1.54, 1.807) is 17.0 Å². The van der Waals surface area contributed by atoms with Gasteiger partial charge in [0, 0.05) is 18.8 Å². The number of hydrogen-bond acceptors (Lipinski definition) is 2. The fourth-order valence-corrected chi connectivity index (χ4v) is 2.48. The summed E-state index contributed by atoms with van der Waals surface area (Å²) in [6.07, 6.45) is 3.24. The van der Waals surface area contributed by atoms with Crippen LogP contribution in [0.15, 0.2) is 24.3 Å². The second kappa shape index (κ2) is 6.41. The van der Waals surface area contributed by atoms with Gasteiger partial charge in [-0.05, 0) is 37.0 Å². The first kappa shape index (κ1) is 14.4. The third kappa shape index (κ3) is 3.50. The van der Waals surface area contributed by atoms with E-state index < -0.39 is 5.97 Å². The first-order valence-electron chi connectivity index (χ1n) is 6.99. The van der Waals surface area contributed by atoms with Crippen LogP contribution in [0.3, 0.4) is 0 Å². The quantitative estimate of drug-likeness (QED) is 0.891. The van der Waals surface area contributed by atoms with Crippen LogP contribution in [-0.4, -0.2) is 35.1 Å². The zero-order chi connectivity index (χ0) is 14.5. The van der Waals surface area contributed by atoms with Crippen LogP contribution in [-0.2, 0) is 0 Å². The summed E-state index contributed by atoms with van der Waals surface area (Å²) in [5.74, 6) is -0.278. The molecule has 2 rings (SSSR count). The molecule has 0 aromatic heterocycles. The molecule has 1 aliphatic rings. The first-order valence-corrected chi connectivity index (χ1v) is 6.99. The highest BCUT2D eigenvalue weighted by molar-refractivity contribution is 5.93. The Hall–Kier alpha value is -2.04. The Morgan fingerprint density at radius 2 is 2.05 bits per heavy atom. The molecule has 0 spiro atoms. The van der Waals surface area contributed by atoms with Gasteiger partial charge in [0.1, 0.15) is 0 Å². The molecule has 108 valence electrons. The van der Waals surface area contributed by atoms with E-state index in [1.165, 1.54) is 12.1 Å². The Bertz CT molecular complexity index is 494. The van der Waals surface area contributed by atoms with Gasteiger partial charge >= 0.3 is 12.0 Å². The van der Waals surface area contributed by atoms with Gasteiger partial charge in [0.25, 0.3) is 0 Å². The van der Waals surface area contributed by atoms with Gasteiger partial charge in [-0.15, -0.1) is 0 Å². The number of benzene rings is 1. The SMILES string of the molecule is CCC1CCN(C(=O)Nc2cccc(C(=O)O)c2)CC1. The number of likely N-dealkylation sites (tertiary alicyclic amines) is 1. The predicted octanol–water partition coefficient (Wildman–Crippen LogP) is 3.04. The largest absolute Gasteiger partial charge is 0.478 e. The molecule has 0 radical (unpaired) electrons. The summed E-state index contributed by atoms with van der Waals surface area (Å²) in [6.45, 7) is 3.71. The van der Waals surface area contributed by atoms with Crippen molar-refractivity contribution < 1.29 is 14.7 Å². The molecule has 20 heavy (non-hydrogen) atoms. The monoisotopic (exact) mass is 276 g/mol. The average molecular weight is 276 g/mol. The number of rotatable bonds is 3. The maximum atomic E-state index is 12.1. The van der Waals surface area contributed by atoms with Crippen LogP contribution >= 0.6 is 0 Å². The number of nitrogens with zero attached hydrogens (tertiary/aromatic N) is 1. The minimum absolute atomic E-state index is 0.151. The van der Waals surface area contributed by atoms with Gasteiger partial charge < -0.3 is 15.3 Å². The van der Waals surface area contributed by atoms with Crippen molar-refractivity contribution in [2.45, 2.75) is 26.2 Å². The lowest BCUT2D eigenvalue weighted by atomic mass is 9.95. The smallest absolute Gasteiger partial charge is 0.335 e. The summed E-state index contributed by atoms with van der Waals surface area (Å²) in [5, 5.41) is 11.7. The Balaban J connectivity index is 1.95. The van der Waals surface area contributed by atoms with Crippen molar-refractivity contribution in [2.24, 2.45) is 5.92 Å². The van der Waals surface area contributed by atoms with Gasteiger partial charge in [-0.25, -0.2) is 9.59 Å². The summed E-state index contributed by atoms with van der Waals surface area (Å²) in [4.78, 5) is 24.8. The summed E-state index contributed by atoms with van der Waals surface area (Å²) in [7, 11) is 0. The van der Waals surface area contributed by atoms with Crippen molar-refractivity contribution in [1.82, 2.24) is 4.90 Å². The molecule has 2 N–H and O–H groups in total. The fraction of sp³-hybridized carbons (Fsp3) is 0.467. The number of carbonyl (C=O) groups is 2. The van der Waals surface area contributed by atoms with Crippen LogP contribution in [0, 0.1) is 5.92 Å². The number of amides is 2. The van der Waals surface area contributed by atoms with Crippen LogP contribution in [0.4, 0.5) is 10.5 Å². The minimum Gasteiger partial charge on any atom is -0.478 e. The summed E-state index contributed by atoms with van der Waals surface area (Å²) in [6, 6.07) is 6.15. The zero-order valence-corrected chi connectivity index (χ0v) is 11.6. The predicted molar refractivity (Wildman–Crippen MR) is 77.0 cm³/mol. The van der Waals surface area contributed by atoms with E-state index in [1.807, 2.05) is 0 Å². The molecule has 5 nitrogen and oxygen atoms in total. The highest BCUT2D eigenvalue weighted by atomic mass is 16.4. The topological polar surface area (TPSA) is 69.6 Å². The maximum absolute atomic E-state index is 12.1. The van der Waals surface area contributed by atoms with Crippen LogP contribution in [0.1, 0.15) is 36.5 Å². The standard InChI is InChI=1S/C15H20N2O3/c1-2-11-6-8-17(9-7-11)15(20)16-13-5-3-4-12(10-13)14(18)19/h3-5,10-11H,2,6-9H2,1H3,(H,16,20)(H,18,19). The Morgan fingerprint density at radius 3 is 2.65 bits per heavy atom. The second-order valence-electron chi connectivity index (χ2n) is 5.15. The molecule has 1 aliphatic heterocycles. The average Bonchev–Trinajstić information content (AvgIpc) is 2.47. The molecule has 1 aromatic carbocycles. The molecule has 1 aromatic rings. The molecular weight excluding hydrogens is 256 g/mol. The lowest BCUT2D eigenvalue weighted by Gasteiger charge is -2.31. The van der Waals surface area contributed by atoms with Gasteiger partial charge in [0.2, 0.25) is 0 Å². The summed E-state index contributed by atoms with van der Waals surface area (Å²) in [5.41, 5.74) is 0.694. The molecule has 0 atom stereocenters. The third-order valence-electron chi connectivity index (χ3n) is 3.84. The molecule has 1 heterocycles. The number of anilines is 1. The first-order chi connectivity index (χ1) is 9.60. The maximum Gasteiger partial charge on any atom is 0.335 e. The molecule has 0 saturated carbocycles. The van der Waals surface area contributed by atoms with Crippen molar-refractivity contribution in [2.75, 3.05) is 18.4 Å². The Labute approximate surface area is 118 Å². The number of urea groups is 1. The normalized spacial score (nSPS) is 15.9. The van der Waals surface area contributed by atoms with Crippen molar-refractivity contribution in [3.05, 3.63) is 29.8 Å². The minimum atomic E-state index is -0.996. The molecule has 0 unspecified atom stereocenters. The lowest BCUT2D eigenvalue weighted by molar-refractivity contribution is 0.0697. The number of piperidine rings is 1. The number of hydrogen-bond donors (Lipinski definition) is 2. The molecular formula is C15H20N2O3. The van der Waals surface area contributed by atoms with Gasteiger partial charge in [-0.3, -0.25) is 0 Å². The number of nitrogens with one attached hydrogen (secondary N) is 1. The van der Waals surface area contributed by atoms with Gasteiger partial charge in [-0.1, -0.05) is 19.4 Å². The van der Waals surface area contributed by atoms with Crippen LogP contribution in [0.25, 0.3) is 0 Å². The molecule has 1 fully saturated rings. The molecule has 5 heteroatoms. The number of carboxylic acids is 1. The Morgan fingerprint density at radius 1 is 1.35 bits per heavy atom. The van der Waals surface area contributed by atoms with Crippen molar-refractivity contribution in [3.8, 4) is 0 Å². The lowest BCUT2D eigenvalue weighted by Crippen LogP contribution is -2.40. The molecule has 0 bridgehead atoms. The van der Waals surface area contributed by atoms with E-state index in [0.29, 0.717) is 5.69 Å². The molecule has 2 amide bonds. The fourth-order valence-electron chi connectivity index (χ4n) is 2.48. The Kier molecular flexibility index (Phi) is 4.61. The van der Waals surface area contributed by atoms with E-state index in [4.69, 9.17) is 5.11 Å². The van der Waals surface area contributed by atoms with Crippen molar-refractivity contribution >= 4 is 17.7 Å². The van der Waals surface area contributed by atoms with Crippen LogP contribution in [0.5, 0.6) is 0 Å². The van der Waals surface area contributed by atoms with E-state index in [9.17, 15) is 9.59 Å². The van der Waals surface area contributed by atoms with Crippen LogP contribution in [0.2, 0.25) is 0 Å². The van der Waals surface area contributed by atoms with Crippen molar-refractivity contribution in [3.63, 3.8) is 0 Å².